The number of unbranched alkanes of at least 4 members (excludes halogenated alkanes) is 1. The van der Waals surface area contributed by atoms with E-state index in [1.165, 1.54) is 0 Å². The van der Waals surface area contributed by atoms with Gasteiger partial charge in [0.2, 0.25) is 11.8 Å². The predicted octanol–water partition coefficient (Wildman–Crippen LogP) is 2.51. The zero-order valence-electron chi connectivity index (χ0n) is 21.0. The maximum absolute atomic E-state index is 12.3. The summed E-state index contributed by atoms with van der Waals surface area (Å²) in [5.41, 5.74) is 0. The molecule has 12 heteroatoms. The molecule has 0 fully saturated rings. The summed E-state index contributed by atoms with van der Waals surface area (Å²) in [5.74, 6) is 2.09. The molecule has 0 aliphatic carbocycles. The van der Waals surface area contributed by atoms with Gasteiger partial charge >= 0.3 is 0 Å². The number of rotatable bonds is 21. The molecule has 0 saturated heterocycles. The van der Waals surface area contributed by atoms with Crippen LogP contribution in [0.25, 0.3) is 0 Å². The van der Waals surface area contributed by atoms with Crippen molar-refractivity contribution in [2.75, 3.05) is 63.3 Å². The van der Waals surface area contributed by atoms with Crippen molar-refractivity contribution >= 4 is 59.0 Å². The van der Waals surface area contributed by atoms with Crippen molar-refractivity contribution in [3.05, 3.63) is 0 Å². The van der Waals surface area contributed by atoms with Gasteiger partial charge in [0.15, 0.2) is 0 Å². The molecule has 202 valence electrons. The molecular formula is C22H46N3O5S4+. The van der Waals surface area contributed by atoms with Crippen LogP contribution in [-0.2, 0) is 19.7 Å². The lowest BCUT2D eigenvalue weighted by Crippen LogP contribution is -2.43. The number of thioether (sulfide) groups is 1. The van der Waals surface area contributed by atoms with E-state index < -0.39 is 10.1 Å². The molecule has 2 atom stereocenters. The summed E-state index contributed by atoms with van der Waals surface area (Å²) in [5, 5.41) is 6.27. The van der Waals surface area contributed by atoms with Gasteiger partial charge < -0.3 is 15.1 Å². The van der Waals surface area contributed by atoms with Crippen LogP contribution in [0.2, 0.25) is 0 Å². The van der Waals surface area contributed by atoms with Crippen LogP contribution in [0.5, 0.6) is 0 Å². The molecule has 1 unspecified atom stereocenters. The summed E-state index contributed by atoms with van der Waals surface area (Å²) in [6.07, 6.45) is 5.62. The molecule has 34 heavy (non-hydrogen) atoms. The summed E-state index contributed by atoms with van der Waals surface area (Å²) >= 11 is 10.4. The van der Waals surface area contributed by atoms with Crippen molar-refractivity contribution in [1.82, 2.24) is 10.6 Å². The molecule has 0 rings (SSSR count). The van der Waals surface area contributed by atoms with Crippen molar-refractivity contribution in [2.45, 2.75) is 57.1 Å². The monoisotopic (exact) mass is 560 g/mol. The van der Waals surface area contributed by atoms with Gasteiger partial charge in [-0.1, -0.05) is 13.3 Å². The van der Waals surface area contributed by atoms with E-state index in [0.717, 1.165) is 50.2 Å². The average molecular weight is 561 g/mol. The Morgan fingerprint density at radius 3 is 2.35 bits per heavy atom. The topological polar surface area (TPSA) is 113 Å². The van der Waals surface area contributed by atoms with E-state index in [1.807, 2.05) is 21.0 Å². The second-order valence-corrected chi connectivity index (χ2v) is 13.3. The van der Waals surface area contributed by atoms with Gasteiger partial charge in [0.05, 0.1) is 32.9 Å². The highest BCUT2D eigenvalue weighted by Crippen LogP contribution is 2.13. The maximum Gasteiger partial charge on any atom is 0.265 e. The highest BCUT2D eigenvalue weighted by Gasteiger charge is 2.17. The molecule has 0 spiro atoms. The van der Waals surface area contributed by atoms with Gasteiger partial charge in [-0.2, -0.15) is 45.4 Å². The third-order valence-electron chi connectivity index (χ3n) is 5.44. The van der Waals surface area contributed by atoms with Crippen molar-refractivity contribution in [3.8, 4) is 0 Å². The molecule has 0 aliphatic rings. The number of hydrogen-bond acceptors (Lipinski definition) is 7. The van der Waals surface area contributed by atoms with Gasteiger partial charge in [-0.05, 0) is 25.0 Å². The van der Waals surface area contributed by atoms with Crippen LogP contribution < -0.4 is 10.6 Å². The van der Waals surface area contributed by atoms with Crippen LogP contribution in [0.15, 0.2) is 0 Å². The van der Waals surface area contributed by atoms with Gasteiger partial charge in [0.1, 0.15) is 0 Å². The Labute approximate surface area is 222 Å². The van der Waals surface area contributed by atoms with Crippen LogP contribution in [-0.4, -0.2) is 97.8 Å². The standard InChI is InChI=1S/C22H45N3O5S4/c1-19(18-33-16-12-23-21(26)9-5-4-8-20(32)10-15-31)22(27)24-11-6-13-25(2,3)14-7-17-34(28,29)30/h19-20H,4-18H2,1-3H3,(H4-,23,24,26,27,28,29,30,31,32)/p+1/t19?,20-/m1/s1. The molecule has 8 nitrogen and oxygen atoms in total. The van der Waals surface area contributed by atoms with Crippen LogP contribution in [0.1, 0.15) is 51.9 Å². The normalized spacial score (nSPS) is 13.9. The quantitative estimate of drug-likeness (QED) is 0.0638. The Hall–Kier alpha value is -0.140. The third kappa shape index (κ3) is 21.2. The minimum atomic E-state index is -3.91. The zero-order chi connectivity index (χ0) is 26.0. The van der Waals surface area contributed by atoms with E-state index >= 15 is 0 Å². The SMILES string of the molecule is CC(CSCCNC(=O)CCCC[C@@H](S)CCS)C(=O)NCCC[N+](C)(C)CCCS(=O)(=O)O. The van der Waals surface area contributed by atoms with Crippen molar-refractivity contribution in [3.63, 3.8) is 0 Å². The maximum atomic E-state index is 12.3. The zero-order valence-corrected chi connectivity index (χ0v) is 24.4. The fourth-order valence-electron chi connectivity index (χ4n) is 3.33. The van der Waals surface area contributed by atoms with E-state index in [0.29, 0.717) is 48.0 Å². The summed E-state index contributed by atoms with van der Waals surface area (Å²) in [4.78, 5) is 24.1. The highest BCUT2D eigenvalue weighted by molar-refractivity contribution is 7.99. The number of nitrogens with zero attached hydrogens (tertiary/aromatic N) is 1. The van der Waals surface area contributed by atoms with Gasteiger partial charge in [-0.25, -0.2) is 0 Å². The molecule has 0 bridgehead atoms. The van der Waals surface area contributed by atoms with Crippen molar-refractivity contribution < 1.29 is 27.0 Å². The lowest BCUT2D eigenvalue weighted by Gasteiger charge is -2.29. The first-order chi connectivity index (χ1) is 15.9. The van der Waals surface area contributed by atoms with Crippen molar-refractivity contribution in [1.29, 1.82) is 0 Å². The molecule has 0 heterocycles. The number of nitrogens with one attached hydrogen (secondary N) is 2. The fourth-order valence-corrected chi connectivity index (χ4v) is 5.56. The smallest absolute Gasteiger partial charge is 0.265 e. The number of carbonyl (C=O) groups is 2. The van der Waals surface area contributed by atoms with Crippen molar-refractivity contribution in [2.24, 2.45) is 5.92 Å². The van der Waals surface area contributed by atoms with E-state index in [4.69, 9.17) is 4.55 Å². The van der Waals surface area contributed by atoms with E-state index in [2.05, 4.69) is 35.9 Å². The summed E-state index contributed by atoms with van der Waals surface area (Å²) in [6.45, 7) is 4.53. The number of quaternary nitrogens is 1. The Morgan fingerprint density at radius 1 is 1.03 bits per heavy atom. The molecule has 2 amide bonds. The summed E-state index contributed by atoms with van der Waals surface area (Å²) < 4.78 is 31.1. The molecule has 0 aromatic carbocycles. The molecule has 0 aromatic rings. The van der Waals surface area contributed by atoms with E-state index in [9.17, 15) is 18.0 Å². The molecule has 0 radical (unpaired) electrons. The Kier molecular flexibility index (Phi) is 19.0. The summed E-state index contributed by atoms with van der Waals surface area (Å²) in [6, 6.07) is 0. The number of amides is 2. The first-order valence-corrected chi connectivity index (χ1v) is 16.0. The molecule has 0 aromatic heterocycles. The lowest BCUT2D eigenvalue weighted by atomic mass is 10.1. The van der Waals surface area contributed by atoms with Gasteiger partial charge in [-0.3, -0.25) is 14.1 Å². The first-order valence-electron chi connectivity index (χ1n) is 12.0. The van der Waals surface area contributed by atoms with Crippen LogP contribution in [0, 0.1) is 5.92 Å². The van der Waals surface area contributed by atoms with Crippen LogP contribution >= 0.6 is 37.0 Å². The second kappa shape index (κ2) is 19.0. The first kappa shape index (κ1) is 33.9. The number of thiol groups is 2. The largest absolute Gasteiger partial charge is 0.356 e. The Morgan fingerprint density at radius 2 is 1.71 bits per heavy atom. The fraction of sp³-hybridized carbons (Fsp3) is 0.909. The Bertz CT molecular complexity index is 677. The van der Waals surface area contributed by atoms with Crippen LogP contribution in [0.4, 0.5) is 0 Å². The van der Waals surface area contributed by atoms with Gasteiger partial charge in [0, 0.05) is 55.0 Å². The van der Waals surface area contributed by atoms with E-state index in [1.54, 1.807) is 11.8 Å². The molecule has 0 saturated carbocycles. The molecule has 0 aliphatic heterocycles. The summed E-state index contributed by atoms with van der Waals surface area (Å²) in [7, 11) is 0.101. The molecule has 3 N–H and O–H groups in total. The Balaban J connectivity index is 3.77. The minimum absolute atomic E-state index is 0.0219. The van der Waals surface area contributed by atoms with Gasteiger partial charge in [0.25, 0.3) is 10.1 Å². The lowest BCUT2D eigenvalue weighted by molar-refractivity contribution is -0.890. The van der Waals surface area contributed by atoms with E-state index in [-0.39, 0.29) is 23.5 Å². The van der Waals surface area contributed by atoms with Crippen LogP contribution in [0.3, 0.4) is 0 Å². The number of carbonyl (C=O) groups excluding carboxylic acids is 2. The van der Waals surface area contributed by atoms with Gasteiger partial charge in [-0.15, -0.1) is 0 Å². The second-order valence-electron chi connectivity index (χ2n) is 9.40. The number of hydrogen-bond donors (Lipinski definition) is 5. The average Bonchev–Trinajstić information content (AvgIpc) is 2.72. The highest BCUT2D eigenvalue weighted by atomic mass is 32.2. The third-order valence-corrected chi connectivity index (χ3v) is 8.25. The minimum Gasteiger partial charge on any atom is -0.356 e. The molecular weight excluding hydrogens is 515 g/mol. The predicted molar refractivity (Wildman–Crippen MR) is 150 cm³/mol.